The first kappa shape index (κ1) is 48.1. The Kier molecular flexibility index (Phi) is 11.1. The van der Waals surface area contributed by atoms with Gasteiger partial charge < -0.3 is 48.1 Å². The number of aliphatic imine (C=N–C) groups is 1. The van der Waals surface area contributed by atoms with Gasteiger partial charge in [0, 0.05) is 52.0 Å². The highest BCUT2D eigenvalue weighted by Crippen LogP contribution is 2.75. The third-order valence-electron chi connectivity index (χ3n) is 16.6. The van der Waals surface area contributed by atoms with Gasteiger partial charge in [0.1, 0.15) is 47.3 Å². The molecular formula is C57H65NO13. The van der Waals surface area contributed by atoms with Crippen molar-refractivity contribution in [2.45, 2.75) is 160 Å². The second kappa shape index (κ2) is 16.4. The third kappa shape index (κ3) is 6.94. The molecule has 4 bridgehead atoms. The van der Waals surface area contributed by atoms with Crippen molar-refractivity contribution in [1.29, 1.82) is 0 Å². The molecule has 14 nitrogen and oxygen atoms in total. The number of nitrogens with zero attached hydrogens (tertiary/aromatic N) is 1. The lowest BCUT2D eigenvalue weighted by Crippen LogP contribution is -2.75. The molecule has 0 radical (unpaired) electrons. The molecule has 3 saturated carbocycles. The van der Waals surface area contributed by atoms with Gasteiger partial charge in [0.25, 0.3) is 0 Å². The number of hydrogen-bond donors (Lipinski definition) is 2. The van der Waals surface area contributed by atoms with E-state index in [1.165, 1.54) is 12.7 Å². The van der Waals surface area contributed by atoms with Gasteiger partial charge in [-0.05, 0) is 107 Å². The van der Waals surface area contributed by atoms with Crippen LogP contribution in [0.25, 0.3) is 11.8 Å². The molecule has 6 heterocycles. The van der Waals surface area contributed by atoms with E-state index in [1.807, 2.05) is 71.0 Å². The molecule has 4 aliphatic carbocycles. The lowest BCUT2D eigenvalue weighted by Gasteiger charge is -2.62. The molecule has 6 fully saturated rings. The summed E-state index contributed by atoms with van der Waals surface area (Å²) < 4.78 is 53.4. The Morgan fingerprint density at radius 3 is 2.38 bits per heavy atom. The van der Waals surface area contributed by atoms with Gasteiger partial charge in [-0.1, -0.05) is 53.6 Å². The second-order valence-electron chi connectivity index (χ2n) is 22.6. The van der Waals surface area contributed by atoms with Crippen LogP contribution in [0.3, 0.4) is 0 Å². The molecule has 12 atom stereocenters. The van der Waals surface area contributed by atoms with Crippen LogP contribution in [0.5, 0.6) is 17.2 Å². The van der Waals surface area contributed by atoms with Crippen LogP contribution in [-0.4, -0.2) is 106 Å². The normalized spacial score (nSPS) is 35.9. The van der Waals surface area contributed by atoms with Crippen LogP contribution in [0.1, 0.15) is 128 Å². The average Bonchev–Trinajstić information content (AvgIpc) is 3.68. The van der Waals surface area contributed by atoms with E-state index in [4.69, 9.17) is 42.9 Å². The second-order valence-corrected chi connectivity index (χ2v) is 22.6. The first-order valence-electron chi connectivity index (χ1n) is 25.1. The van der Waals surface area contributed by atoms with E-state index in [0.717, 1.165) is 12.0 Å². The molecule has 2 aromatic carbocycles. The standard InChI is InChI=1S/C57H65NO13/c1-27(2)15-14-22-55(10)23-21-33-46(69-55)32(19-18-28(3)4)48-39(47(33)67-52-45(61)44(60)49-35(66-52)26-65-54(8,9)68-49)42-40-37(38-41(58-42)30-16-12-13-17-31(30)43(38)59)34-25-36-53(6,7)71-56(50(34)62,57(36,40)70-48)24-20-29(5)51(63)64-11/h12-13,15-18,20-21,23,34-38,44-45,49,52,60-61H,14,19,22,24-26H2,1-11H3/t34?,35-,36?,37?,38?,44-,45-,49-,52+,55?,56?,57?/m0/s1. The van der Waals surface area contributed by atoms with Crippen molar-refractivity contribution in [3.05, 3.63) is 98.7 Å². The van der Waals surface area contributed by atoms with Crippen molar-refractivity contribution >= 4 is 35.0 Å². The molecule has 2 aromatic rings. The zero-order valence-electron chi connectivity index (χ0n) is 42.5. The summed E-state index contributed by atoms with van der Waals surface area (Å²) >= 11 is 0. The Labute approximate surface area is 414 Å². The number of Topliss-reactive ketones (excluding diaryl/α,β-unsaturated/α-hetero) is 2. The molecule has 6 aliphatic heterocycles. The number of aliphatic hydroxyl groups is 2. The maximum absolute atomic E-state index is 16.0. The maximum atomic E-state index is 16.0. The van der Waals surface area contributed by atoms with Crippen molar-refractivity contribution in [3.63, 3.8) is 0 Å². The molecule has 0 amide bonds. The summed E-state index contributed by atoms with van der Waals surface area (Å²) in [6.45, 7) is 19.4. The molecule has 0 aromatic heterocycles. The zero-order valence-corrected chi connectivity index (χ0v) is 42.5. The Morgan fingerprint density at radius 2 is 1.66 bits per heavy atom. The van der Waals surface area contributed by atoms with E-state index in [9.17, 15) is 19.8 Å². The summed E-state index contributed by atoms with van der Waals surface area (Å²) in [6, 6.07) is 7.45. The number of rotatable bonds is 10. The molecule has 1 spiro atoms. The number of hydrogen-bond acceptors (Lipinski definition) is 14. The summed E-state index contributed by atoms with van der Waals surface area (Å²) in [5.74, 6) is -3.42. The molecule has 12 rings (SSSR count). The zero-order chi connectivity index (χ0) is 50.5. The van der Waals surface area contributed by atoms with Gasteiger partial charge in [0.15, 0.2) is 28.6 Å². The highest BCUT2D eigenvalue weighted by atomic mass is 16.8. The fourth-order valence-corrected chi connectivity index (χ4v) is 13.3. The van der Waals surface area contributed by atoms with Crippen LogP contribution in [-0.2, 0) is 39.7 Å². The van der Waals surface area contributed by atoms with Crippen molar-refractivity contribution in [3.8, 4) is 17.2 Å². The van der Waals surface area contributed by atoms with Gasteiger partial charge in [-0.3, -0.25) is 14.6 Å². The third-order valence-corrected chi connectivity index (χ3v) is 16.6. The molecule has 376 valence electrons. The Morgan fingerprint density at radius 1 is 0.930 bits per heavy atom. The van der Waals surface area contributed by atoms with Crippen LogP contribution < -0.4 is 14.2 Å². The number of ketones is 2. The summed E-state index contributed by atoms with van der Waals surface area (Å²) in [5.41, 5.74) is 2.14. The van der Waals surface area contributed by atoms with Gasteiger partial charge in [0.2, 0.25) is 6.29 Å². The van der Waals surface area contributed by atoms with Gasteiger partial charge in [0.05, 0.1) is 47.8 Å². The van der Waals surface area contributed by atoms with Crippen molar-refractivity contribution in [2.75, 3.05) is 13.7 Å². The Balaban J connectivity index is 1.22. The summed E-state index contributed by atoms with van der Waals surface area (Å²) in [4.78, 5) is 49.6. The van der Waals surface area contributed by atoms with Crippen LogP contribution in [0.4, 0.5) is 0 Å². The summed E-state index contributed by atoms with van der Waals surface area (Å²) in [7, 11) is 1.32. The Bertz CT molecular complexity index is 2870. The number of esters is 1. The molecule has 14 heteroatoms. The van der Waals surface area contributed by atoms with Crippen LogP contribution >= 0.6 is 0 Å². The average molecular weight is 972 g/mol. The van der Waals surface area contributed by atoms with Crippen molar-refractivity contribution in [2.24, 2.45) is 28.7 Å². The number of allylic oxidation sites excluding steroid dienone is 4. The minimum absolute atomic E-state index is 0.0276. The quantitative estimate of drug-likeness (QED) is 0.133. The molecular weight excluding hydrogens is 907 g/mol. The summed E-state index contributed by atoms with van der Waals surface area (Å²) in [6.07, 6.45) is 5.89. The fraction of sp³-hybridized carbons (Fsp3) is 0.544. The van der Waals surface area contributed by atoms with E-state index in [0.29, 0.717) is 81.1 Å². The number of fused-ring (bicyclic) bond motifs is 7. The molecule has 2 N–H and O–H groups in total. The molecule has 10 aliphatic rings. The van der Waals surface area contributed by atoms with Gasteiger partial charge in [-0.25, -0.2) is 4.79 Å². The van der Waals surface area contributed by atoms with E-state index in [-0.39, 0.29) is 30.3 Å². The Hall–Kier alpha value is -5.22. The predicted molar refractivity (Wildman–Crippen MR) is 262 cm³/mol. The van der Waals surface area contributed by atoms with Gasteiger partial charge in [-0.2, -0.15) is 0 Å². The molecule has 7 unspecified atom stereocenters. The maximum Gasteiger partial charge on any atom is 0.333 e. The lowest BCUT2D eigenvalue weighted by molar-refractivity contribution is -0.373. The molecule has 71 heavy (non-hydrogen) atoms. The van der Waals surface area contributed by atoms with Crippen molar-refractivity contribution in [1.82, 2.24) is 0 Å². The van der Waals surface area contributed by atoms with E-state index in [1.54, 1.807) is 26.8 Å². The highest BCUT2D eigenvalue weighted by molar-refractivity contribution is 6.31. The number of aliphatic hydroxyl groups excluding tert-OH is 2. The number of ether oxygens (including phenoxy) is 8. The van der Waals surface area contributed by atoms with E-state index < -0.39 is 88.5 Å². The van der Waals surface area contributed by atoms with E-state index >= 15 is 4.79 Å². The first-order valence-corrected chi connectivity index (χ1v) is 25.1. The summed E-state index contributed by atoms with van der Waals surface area (Å²) in [5, 5.41) is 23.8. The number of carbonyl (C=O) groups is 3. The van der Waals surface area contributed by atoms with Gasteiger partial charge >= 0.3 is 5.97 Å². The number of methoxy groups -OCH3 is 1. The minimum Gasteiger partial charge on any atom is -0.482 e. The lowest BCUT2D eigenvalue weighted by atomic mass is 9.43. The topological polar surface area (TPSA) is 178 Å². The first-order chi connectivity index (χ1) is 33.6. The predicted octanol–water partition coefficient (Wildman–Crippen LogP) is 8.13. The SMILES string of the molecule is COC(=O)C(C)=CCC12OC(C)(C)C3CC(C1=O)C1C4=C(N=C5c6ccccc6C(=O)C51)c1c(O[C@H]5O[C@H]6COC(C)(C)O[C@@H]6[C@@H](O)[C@@H]5O)c5c(c(CC=C(C)C)c1OC432)OC(C)(CCC=C(C)C)C=C5. The minimum atomic E-state index is -1.68. The smallest absolute Gasteiger partial charge is 0.333 e. The highest BCUT2D eigenvalue weighted by Gasteiger charge is 2.84. The van der Waals surface area contributed by atoms with Crippen molar-refractivity contribution < 1.29 is 62.5 Å². The number of benzene rings is 2. The van der Waals surface area contributed by atoms with Crippen LogP contribution in [0.15, 0.2) is 75.9 Å². The van der Waals surface area contributed by atoms with Crippen LogP contribution in [0.2, 0.25) is 0 Å². The monoisotopic (exact) mass is 971 g/mol. The van der Waals surface area contributed by atoms with E-state index in [2.05, 4.69) is 26.0 Å². The number of carbonyl (C=O) groups excluding carboxylic acids is 3. The largest absolute Gasteiger partial charge is 0.482 e. The fourth-order valence-electron chi connectivity index (χ4n) is 13.3. The molecule has 3 saturated heterocycles. The van der Waals surface area contributed by atoms with Crippen LogP contribution in [0, 0.1) is 23.7 Å². The van der Waals surface area contributed by atoms with Gasteiger partial charge in [-0.15, -0.1) is 0 Å².